The third-order valence-corrected chi connectivity index (χ3v) is 8.21. The van der Waals surface area contributed by atoms with Crippen LogP contribution in [-0.4, -0.2) is 49.4 Å². The SMILES string of the molecule is CCOc1nccc(-c2ccc(Cn3ncc4c(Cl)ccc(C(=O)NC5CC6(C5)CC(C(=O)O)C6)c43)cc2)n1. The summed E-state index contributed by atoms with van der Waals surface area (Å²) >= 11 is 6.47. The summed E-state index contributed by atoms with van der Waals surface area (Å²) in [4.78, 5) is 33.1. The summed E-state index contributed by atoms with van der Waals surface area (Å²) in [6.45, 7) is 2.85. The number of aromatic nitrogens is 4. The van der Waals surface area contributed by atoms with Crippen molar-refractivity contribution >= 4 is 34.4 Å². The van der Waals surface area contributed by atoms with Gasteiger partial charge in [0.25, 0.3) is 5.91 Å². The number of aliphatic carboxylic acids is 1. The van der Waals surface area contributed by atoms with E-state index in [-0.39, 0.29) is 23.3 Å². The van der Waals surface area contributed by atoms with E-state index < -0.39 is 5.97 Å². The van der Waals surface area contributed by atoms with Crippen LogP contribution in [0, 0.1) is 11.3 Å². The van der Waals surface area contributed by atoms with E-state index in [9.17, 15) is 14.7 Å². The van der Waals surface area contributed by atoms with Crippen molar-refractivity contribution in [2.24, 2.45) is 11.3 Å². The maximum Gasteiger partial charge on any atom is 0.316 e. The van der Waals surface area contributed by atoms with Crippen molar-refractivity contribution in [1.29, 1.82) is 0 Å². The standard InChI is InChI=1S/C29H28ClN5O4/c1-2-39-28-31-10-9-24(34-28)18-5-3-17(4-6-18)16-35-25-21(7-8-23(30)22(25)15-32-35)26(36)33-20-13-29(14-20)11-19(12-29)27(37)38/h3-10,15,19-20H,2,11-14,16H2,1H3,(H,33,36)(H,37,38). The lowest BCUT2D eigenvalue weighted by molar-refractivity contribution is -0.155. The van der Waals surface area contributed by atoms with Crippen molar-refractivity contribution in [2.75, 3.05) is 6.61 Å². The Labute approximate surface area is 230 Å². The fraction of sp³-hybridized carbons (Fsp3) is 0.345. The number of rotatable bonds is 8. The van der Waals surface area contributed by atoms with E-state index in [2.05, 4.69) is 20.4 Å². The fourth-order valence-corrected chi connectivity index (χ4v) is 6.17. The highest BCUT2D eigenvalue weighted by molar-refractivity contribution is 6.36. The molecule has 2 aliphatic rings. The number of hydrogen-bond acceptors (Lipinski definition) is 6. The first-order valence-electron chi connectivity index (χ1n) is 13.1. The molecule has 2 aromatic carbocycles. The van der Waals surface area contributed by atoms with Crippen LogP contribution in [0.3, 0.4) is 0 Å². The Balaban J connectivity index is 1.18. The second kappa shape index (κ2) is 9.96. The number of nitrogens with one attached hydrogen (secondary N) is 1. The molecule has 4 aromatic rings. The minimum Gasteiger partial charge on any atom is -0.481 e. The first kappa shape index (κ1) is 25.3. The molecule has 0 radical (unpaired) electrons. The highest BCUT2D eigenvalue weighted by Crippen LogP contribution is 2.58. The third kappa shape index (κ3) is 4.83. The summed E-state index contributed by atoms with van der Waals surface area (Å²) in [6.07, 6.45) is 6.42. The molecule has 1 spiro atoms. The zero-order chi connectivity index (χ0) is 27.1. The molecule has 200 valence electrons. The lowest BCUT2D eigenvalue weighted by Crippen LogP contribution is -2.57. The number of halogens is 1. The van der Waals surface area contributed by atoms with Crippen LogP contribution in [0.5, 0.6) is 6.01 Å². The summed E-state index contributed by atoms with van der Waals surface area (Å²) in [6, 6.07) is 13.7. The second-order valence-electron chi connectivity index (χ2n) is 10.5. The third-order valence-electron chi connectivity index (χ3n) is 7.88. The van der Waals surface area contributed by atoms with Gasteiger partial charge in [-0.3, -0.25) is 14.3 Å². The molecule has 2 N–H and O–H groups in total. The van der Waals surface area contributed by atoms with Gasteiger partial charge in [-0.25, -0.2) is 4.98 Å². The van der Waals surface area contributed by atoms with Crippen molar-refractivity contribution in [3.8, 4) is 17.3 Å². The molecule has 39 heavy (non-hydrogen) atoms. The molecule has 2 aromatic heterocycles. The van der Waals surface area contributed by atoms with Crippen LogP contribution < -0.4 is 10.1 Å². The Morgan fingerprint density at radius 3 is 2.62 bits per heavy atom. The molecule has 2 heterocycles. The van der Waals surface area contributed by atoms with E-state index in [0.717, 1.165) is 35.0 Å². The lowest BCUT2D eigenvalue weighted by Gasteiger charge is -2.56. The zero-order valence-electron chi connectivity index (χ0n) is 21.4. The van der Waals surface area contributed by atoms with Gasteiger partial charge in [0.15, 0.2) is 0 Å². The maximum absolute atomic E-state index is 13.3. The van der Waals surface area contributed by atoms with E-state index in [1.807, 2.05) is 37.3 Å². The molecule has 1 amide bonds. The Morgan fingerprint density at radius 1 is 1.13 bits per heavy atom. The Kier molecular flexibility index (Phi) is 6.46. The molecule has 0 unspecified atom stereocenters. The predicted molar refractivity (Wildman–Crippen MR) is 146 cm³/mol. The summed E-state index contributed by atoms with van der Waals surface area (Å²) in [7, 11) is 0. The number of carboxylic acids is 1. The van der Waals surface area contributed by atoms with E-state index in [4.69, 9.17) is 16.3 Å². The number of hydrogen-bond donors (Lipinski definition) is 2. The van der Waals surface area contributed by atoms with Crippen LogP contribution in [0.2, 0.25) is 5.02 Å². The predicted octanol–water partition coefficient (Wildman–Crippen LogP) is 4.97. The summed E-state index contributed by atoms with van der Waals surface area (Å²) in [5, 5.41) is 18.1. The molecule has 2 fully saturated rings. The molecule has 0 atom stereocenters. The quantitative estimate of drug-likeness (QED) is 0.321. The van der Waals surface area contributed by atoms with Gasteiger partial charge >= 0.3 is 12.0 Å². The summed E-state index contributed by atoms with van der Waals surface area (Å²) < 4.78 is 7.21. The smallest absolute Gasteiger partial charge is 0.316 e. The molecule has 10 heteroatoms. The van der Waals surface area contributed by atoms with Gasteiger partial charge in [0, 0.05) is 23.2 Å². The van der Waals surface area contributed by atoms with Crippen molar-refractivity contribution in [2.45, 2.75) is 45.2 Å². The number of fused-ring (bicyclic) bond motifs is 1. The Bertz CT molecular complexity index is 1550. The van der Waals surface area contributed by atoms with Crippen LogP contribution in [-0.2, 0) is 11.3 Å². The van der Waals surface area contributed by atoms with Crippen LogP contribution in [0.4, 0.5) is 0 Å². The van der Waals surface area contributed by atoms with Crippen LogP contribution in [0.15, 0.2) is 54.9 Å². The molecule has 9 nitrogen and oxygen atoms in total. The first-order valence-corrected chi connectivity index (χ1v) is 13.4. The second-order valence-corrected chi connectivity index (χ2v) is 10.9. The van der Waals surface area contributed by atoms with Gasteiger partial charge in [0.1, 0.15) is 0 Å². The van der Waals surface area contributed by atoms with Crippen LogP contribution in [0.1, 0.15) is 48.5 Å². The van der Waals surface area contributed by atoms with Gasteiger partial charge in [0.2, 0.25) is 0 Å². The van der Waals surface area contributed by atoms with E-state index >= 15 is 0 Å². The zero-order valence-corrected chi connectivity index (χ0v) is 22.2. The van der Waals surface area contributed by atoms with E-state index in [1.165, 1.54) is 0 Å². The number of nitrogens with zero attached hydrogens (tertiary/aromatic N) is 4. The van der Waals surface area contributed by atoms with Crippen molar-refractivity contribution in [3.63, 3.8) is 0 Å². The average molecular weight is 546 g/mol. The summed E-state index contributed by atoms with van der Waals surface area (Å²) in [5.41, 5.74) is 4.01. The van der Waals surface area contributed by atoms with Crippen molar-refractivity contribution < 1.29 is 19.4 Å². The maximum atomic E-state index is 13.3. The Hall–Kier alpha value is -3.98. The van der Waals surface area contributed by atoms with Gasteiger partial charge in [-0.15, -0.1) is 0 Å². The lowest BCUT2D eigenvalue weighted by atomic mass is 9.50. The number of carboxylic acid groups (broad SMARTS) is 1. The van der Waals surface area contributed by atoms with E-state index in [0.29, 0.717) is 48.1 Å². The molecule has 0 bridgehead atoms. The van der Waals surface area contributed by atoms with Crippen molar-refractivity contribution in [3.05, 3.63) is 71.0 Å². The van der Waals surface area contributed by atoms with Gasteiger partial charge in [-0.1, -0.05) is 35.9 Å². The van der Waals surface area contributed by atoms with Gasteiger partial charge in [0.05, 0.1) is 47.1 Å². The van der Waals surface area contributed by atoms with E-state index in [1.54, 1.807) is 29.2 Å². The highest BCUT2D eigenvalue weighted by atomic mass is 35.5. The van der Waals surface area contributed by atoms with Crippen LogP contribution in [0.25, 0.3) is 22.2 Å². The van der Waals surface area contributed by atoms with Gasteiger partial charge < -0.3 is 15.2 Å². The normalized spacial score (nSPS) is 21.8. The molecule has 0 aliphatic heterocycles. The number of carbonyl (C=O) groups is 2. The number of benzene rings is 2. The van der Waals surface area contributed by atoms with Gasteiger partial charge in [-0.2, -0.15) is 10.1 Å². The largest absolute Gasteiger partial charge is 0.481 e. The number of ether oxygens (including phenoxy) is 1. The molecule has 6 rings (SSSR count). The molecule has 2 aliphatic carbocycles. The minimum atomic E-state index is -0.718. The number of amides is 1. The molecule has 0 saturated heterocycles. The monoisotopic (exact) mass is 545 g/mol. The van der Waals surface area contributed by atoms with Crippen molar-refractivity contribution in [1.82, 2.24) is 25.1 Å². The molecular weight excluding hydrogens is 518 g/mol. The topological polar surface area (TPSA) is 119 Å². The summed E-state index contributed by atoms with van der Waals surface area (Å²) in [5.74, 6) is -1.13. The average Bonchev–Trinajstić information content (AvgIpc) is 3.30. The van der Waals surface area contributed by atoms with Crippen LogP contribution >= 0.6 is 11.6 Å². The minimum absolute atomic E-state index is 0.0481. The molecular formula is C29H28ClN5O4. The fourth-order valence-electron chi connectivity index (χ4n) is 5.97. The number of carbonyl (C=O) groups excluding carboxylic acids is 1. The first-order chi connectivity index (χ1) is 18.8. The Morgan fingerprint density at radius 2 is 1.90 bits per heavy atom. The molecule has 2 saturated carbocycles. The highest BCUT2D eigenvalue weighted by Gasteiger charge is 2.55. The van der Waals surface area contributed by atoms with Gasteiger partial charge in [-0.05, 0) is 61.8 Å².